The second-order valence-electron chi connectivity index (χ2n) is 3.96. The topological polar surface area (TPSA) is 37.8 Å². The van der Waals surface area contributed by atoms with Gasteiger partial charge in [-0.2, -0.15) is 0 Å². The Bertz CT molecular complexity index is 285. The highest BCUT2D eigenvalue weighted by molar-refractivity contribution is 5.08. The van der Waals surface area contributed by atoms with E-state index in [9.17, 15) is 0 Å². The third-order valence-electron chi connectivity index (χ3n) is 2.56. The largest absolute Gasteiger partial charge is 0.307 e. The Labute approximate surface area is 92.3 Å². The summed E-state index contributed by atoms with van der Waals surface area (Å²) in [4.78, 5) is 8.80. The quantitative estimate of drug-likeness (QED) is 0.805. The van der Waals surface area contributed by atoms with Gasteiger partial charge in [-0.1, -0.05) is 13.8 Å². The fraction of sp³-hybridized carbons (Fsp3) is 0.667. The third-order valence-corrected chi connectivity index (χ3v) is 2.56. The second-order valence-corrected chi connectivity index (χ2v) is 3.96. The van der Waals surface area contributed by atoms with Crippen molar-refractivity contribution in [3.05, 3.63) is 23.3 Å². The van der Waals surface area contributed by atoms with E-state index in [4.69, 9.17) is 0 Å². The molecule has 0 aliphatic heterocycles. The van der Waals surface area contributed by atoms with Gasteiger partial charge < -0.3 is 5.32 Å². The lowest BCUT2D eigenvalue weighted by molar-refractivity contribution is 0.475. The number of hydrogen-bond acceptors (Lipinski definition) is 3. The van der Waals surface area contributed by atoms with Crippen LogP contribution in [0, 0.1) is 13.8 Å². The Morgan fingerprint density at radius 1 is 1.13 bits per heavy atom. The van der Waals surface area contributed by atoms with E-state index >= 15 is 0 Å². The zero-order chi connectivity index (χ0) is 11.3. The molecule has 0 aromatic carbocycles. The maximum absolute atomic E-state index is 4.40. The first-order valence-electron chi connectivity index (χ1n) is 5.70. The van der Waals surface area contributed by atoms with E-state index in [1.54, 1.807) is 0 Å². The summed E-state index contributed by atoms with van der Waals surface area (Å²) in [5.74, 6) is 0.902. The lowest BCUT2D eigenvalue weighted by Gasteiger charge is -2.14. The van der Waals surface area contributed by atoms with Gasteiger partial charge in [0.2, 0.25) is 0 Å². The number of aryl methyl sites for hydroxylation is 2. The van der Waals surface area contributed by atoms with E-state index in [-0.39, 0.29) is 0 Å². The molecule has 0 aliphatic rings. The minimum Gasteiger partial charge on any atom is -0.307 e. The average Bonchev–Trinajstić information content (AvgIpc) is 2.18. The highest BCUT2D eigenvalue weighted by atomic mass is 15.0. The van der Waals surface area contributed by atoms with Crippen LogP contribution in [-0.4, -0.2) is 16.0 Å². The minimum absolute atomic E-state index is 0.578. The molecule has 84 valence electrons. The molecule has 0 bridgehead atoms. The molecular formula is C12H21N3. The highest BCUT2D eigenvalue weighted by Gasteiger charge is 2.04. The summed E-state index contributed by atoms with van der Waals surface area (Å²) < 4.78 is 0. The first-order chi connectivity index (χ1) is 7.15. The van der Waals surface area contributed by atoms with Gasteiger partial charge in [-0.05, 0) is 32.8 Å². The summed E-state index contributed by atoms with van der Waals surface area (Å²) in [5, 5.41) is 3.46. The first kappa shape index (κ1) is 12.1. The van der Waals surface area contributed by atoms with Gasteiger partial charge in [0, 0.05) is 17.4 Å². The predicted molar refractivity (Wildman–Crippen MR) is 62.7 cm³/mol. The molecule has 1 N–H and O–H groups in total. The van der Waals surface area contributed by atoms with Crippen LogP contribution in [0.2, 0.25) is 0 Å². The lowest BCUT2D eigenvalue weighted by Crippen LogP contribution is -2.28. The first-order valence-corrected chi connectivity index (χ1v) is 5.70. The van der Waals surface area contributed by atoms with Crippen molar-refractivity contribution in [1.82, 2.24) is 15.3 Å². The van der Waals surface area contributed by atoms with E-state index in [1.165, 1.54) is 0 Å². The molecular weight excluding hydrogens is 186 g/mol. The number of hydrogen-bond donors (Lipinski definition) is 1. The van der Waals surface area contributed by atoms with E-state index in [2.05, 4.69) is 29.1 Å². The molecule has 0 radical (unpaired) electrons. The van der Waals surface area contributed by atoms with Crippen LogP contribution in [0.4, 0.5) is 0 Å². The molecule has 1 heterocycles. The summed E-state index contributed by atoms with van der Waals surface area (Å²) in [6.07, 6.45) is 2.31. The zero-order valence-corrected chi connectivity index (χ0v) is 10.2. The van der Waals surface area contributed by atoms with Crippen molar-refractivity contribution in [3.8, 4) is 0 Å². The van der Waals surface area contributed by atoms with Gasteiger partial charge in [-0.3, -0.25) is 0 Å². The van der Waals surface area contributed by atoms with Crippen LogP contribution in [0.25, 0.3) is 0 Å². The maximum atomic E-state index is 4.40. The molecule has 1 aromatic heterocycles. The van der Waals surface area contributed by atoms with Crippen LogP contribution in [0.3, 0.4) is 0 Å². The minimum atomic E-state index is 0.578. The highest BCUT2D eigenvalue weighted by Crippen LogP contribution is 2.01. The van der Waals surface area contributed by atoms with Crippen LogP contribution in [0.15, 0.2) is 6.07 Å². The Kier molecular flexibility index (Phi) is 4.69. The van der Waals surface area contributed by atoms with E-state index < -0.39 is 0 Å². The predicted octanol–water partition coefficient (Wildman–Crippen LogP) is 2.37. The molecule has 0 atom stereocenters. The molecule has 3 nitrogen and oxygen atoms in total. The van der Waals surface area contributed by atoms with E-state index in [0.717, 1.165) is 36.6 Å². The van der Waals surface area contributed by atoms with Crippen molar-refractivity contribution in [2.24, 2.45) is 0 Å². The fourth-order valence-corrected chi connectivity index (χ4v) is 1.69. The molecule has 0 saturated carbocycles. The van der Waals surface area contributed by atoms with Crippen LogP contribution in [-0.2, 0) is 6.54 Å². The van der Waals surface area contributed by atoms with Crippen molar-refractivity contribution in [2.75, 3.05) is 0 Å². The van der Waals surface area contributed by atoms with Gasteiger partial charge in [0.05, 0.1) is 6.54 Å². The molecule has 0 unspecified atom stereocenters. The summed E-state index contributed by atoms with van der Waals surface area (Å²) in [7, 11) is 0. The molecule has 1 rings (SSSR count). The van der Waals surface area contributed by atoms with Crippen LogP contribution in [0.1, 0.15) is 43.9 Å². The molecule has 15 heavy (non-hydrogen) atoms. The summed E-state index contributed by atoms with van der Waals surface area (Å²) >= 11 is 0. The van der Waals surface area contributed by atoms with Gasteiger partial charge >= 0.3 is 0 Å². The third kappa shape index (κ3) is 3.96. The van der Waals surface area contributed by atoms with Crippen LogP contribution < -0.4 is 5.32 Å². The molecule has 3 heteroatoms. The van der Waals surface area contributed by atoms with Crippen molar-refractivity contribution in [2.45, 2.75) is 53.1 Å². The van der Waals surface area contributed by atoms with Crippen molar-refractivity contribution >= 4 is 0 Å². The molecule has 0 spiro atoms. The van der Waals surface area contributed by atoms with Gasteiger partial charge in [-0.15, -0.1) is 0 Å². The fourth-order valence-electron chi connectivity index (χ4n) is 1.69. The van der Waals surface area contributed by atoms with Gasteiger partial charge in [0.1, 0.15) is 5.82 Å². The number of nitrogens with zero attached hydrogens (tertiary/aromatic N) is 2. The normalized spacial score (nSPS) is 11.0. The maximum Gasteiger partial charge on any atom is 0.142 e. The second kappa shape index (κ2) is 5.81. The standard InChI is InChI=1S/C12H21N3/c1-5-11(6-2)13-8-12-14-9(3)7-10(4)15-12/h7,11,13H,5-6,8H2,1-4H3. The molecule has 0 aliphatic carbocycles. The molecule has 0 fully saturated rings. The van der Waals surface area contributed by atoms with Crippen LogP contribution in [0.5, 0.6) is 0 Å². The van der Waals surface area contributed by atoms with E-state index in [1.807, 2.05) is 19.9 Å². The lowest BCUT2D eigenvalue weighted by atomic mass is 10.2. The monoisotopic (exact) mass is 207 g/mol. The Morgan fingerprint density at radius 3 is 2.13 bits per heavy atom. The van der Waals surface area contributed by atoms with Gasteiger partial charge in [-0.25, -0.2) is 9.97 Å². The number of rotatable bonds is 5. The van der Waals surface area contributed by atoms with Crippen LogP contribution >= 0.6 is 0 Å². The van der Waals surface area contributed by atoms with Crippen molar-refractivity contribution in [3.63, 3.8) is 0 Å². The Morgan fingerprint density at radius 2 is 1.67 bits per heavy atom. The molecule has 0 saturated heterocycles. The van der Waals surface area contributed by atoms with E-state index in [0.29, 0.717) is 6.04 Å². The Hall–Kier alpha value is -0.960. The Balaban J connectivity index is 2.57. The SMILES string of the molecule is CCC(CC)NCc1nc(C)cc(C)n1. The van der Waals surface area contributed by atoms with Gasteiger partial charge in [0.15, 0.2) is 0 Å². The molecule has 1 aromatic rings. The molecule has 0 amide bonds. The summed E-state index contributed by atoms with van der Waals surface area (Å²) in [6, 6.07) is 2.58. The number of aromatic nitrogens is 2. The summed E-state index contributed by atoms with van der Waals surface area (Å²) in [5.41, 5.74) is 2.09. The van der Waals surface area contributed by atoms with Crippen molar-refractivity contribution in [1.29, 1.82) is 0 Å². The number of nitrogens with one attached hydrogen (secondary N) is 1. The van der Waals surface area contributed by atoms with Crippen molar-refractivity contribution < 1.29 is 0 Å². The zero-order valence-electron chi connectivity index (χ0n) is 10.2. The summed E-state index contributed by atoms with van der Waals surface area (Å²) in [6.45, 7) is 9.19. The smallest absolute Gasteiger partial charge is 0.142 e. The average molecular weight is 207 g/mol. The van der Waals surface area contributed by atoms with Gasteiger partial charge in [0.25, 0.3) is 0 Å².